The Morgan fingerprint density at radius 1 is 1.07 bits per heavy atom. The van der Waals surface area contributed by atoms with Gasteiger partial charge in [0.15, 0.2) is 11.7 Å². The summed E-state index contributed by atoms with van der Waals surface area (Å²) >= 11 is 8.43. The number of carbonyl (C=O) groups excluding carboxylic acids is 2. The van der Waals surface area contributed by atoms with E-state index >= 15 is 0 Å². The van der Waals surface area contributed by atoms with Gasteiger partial charge in [-0.05, 0) is 54.9 Å². The van der Waals surface area contributed by atoms with Crippen LogP contribution in [0.25, 0.3) is 0 Å². The quantitative estimate of drug-likeness (QED) is 0.404. The molecule has 0 aliphatic rings. The first-order chi connectivity index (χ1) is 14.3. The van der Waals surface area contributed by atoms with E-state index < -0.39 is 11.8 Å². The highest BCUT2D eigenvalue weighted by Crippen LogP contribution is 2.23. The van der Waals surface area contributed by atoms with Crippen molar-refractivity contribution < 1.29 is 19.1 Å². The van der Waals surface area contributed by atoms with E-state index in [1.54, 1.807) is 24.3 Å². The van der Waals surface area contributed by atoms with Crippen molar-refractivity contribution in [3.63, 3.8) is 0 Å². The van der Waals surface area contributed by atoms with Crippen LogP contribution in [-0.4, -0.2) is 30.1 Å². The molecule has 30 heavy (non-hydrogen) atoms. The van der Waals surface area contributed by atoms with Crippen molar-refractivity contribution >= 4 is 45.1 Å². The highest BCUT2D eigenvalue weighted by molar-refractivity contribution is 9.10. The predicted molar refractivity (Wildman–Crippen MR) is 122 cm³/mol. The predicted octanol–water partition coefficient (Wildman–Crippen LogP) is 3.51. The molecule has 2 amide bonds. The van der Waals surface area contributed by atoms with Gasteiger partial charge in [-0.3, -0.25) is 25.8 Å². The van der Waals surface area contributed by atoms with Crippen molar-refractivity contribution in [1.82, 2.24) is 16.2 Å². The monoisotopic (exact) mass is 493 g/mol. The van der Waals surface area contributed by atoms with Gasteiger partial charge in [0.2, 0.25) is 0 Å². The lowest BCUT2D eigenvalue weighted by Crippen LogP contribution is -2.49. The summed E-state index contributed by atoms with van der Waals surface area (Å²) in [6.07, 6.45) is 0. The van der Waals surface area contributed by atoms with E-state index in [0.717, 1.165) is 10.0 Å². The third-order valence-corrected chi connectivity index (χ3v) is 4.45. The van der Waals surface area contributed by atoms with Gasteiger partial charge < -0.3 is 9.47 Å². The van der Waals surface area contributed by atoms with Crippen LogP contribution in [0.3, 0.4) is 0 Å². The summed E-state index contributed by atoms with van der Waals surface area (Å²) in [6.45, 7) is 6.19. The smallest absolute Gasteiger partial charge is 0.276 e. The number of halogens is 1. The van der Waals surface area contributed by atoms with Crippen LogP contribution >= 0.6 is 28.1 Å². The van der Waals surface area contributed by atoms with Crippen LogP contribution in [0.4, 0.5) is 0 Å². The molecule has 0 radical (unpaired) electrons. The lowest BCUT2D eigenvalue weighted by Gasteiger charge is -2.15. The fourth-order valence-electron chi connectivity index (χ4n) is 2.29. The Morgan fingerprint density at radius 3 is 2.50 bits per heavy atom. The molecule has 0 aliphatic heterocycles. The number of benzene rings is 2. The molecule has 0 saturated carbocycles. The lowest BCUT2D eigenvalue weighted by molar-refractivity contribution is -0.123. The first kappa shape index (κ1) is 23.6. The van der Waals surface area contributed by atoms with E-state index in [2.05, 4.69) is 32.1 Å². The van der Waals surface area contributed by atoms with Crippen molar-refractivity contribution in [1.29, 1.82) is 0 Å². The van der Waals surface area contributed by atoms with Gasteiger partial charge in [0.05, 0.1) is 12.2 Å². The number of hydrogen-bond donors (Lipinski definition) is 3. The zero-order valence-electron chi connectivity index (χ0n) is 17.0. The molecular formula is C21H24BrN3O4S. The molecule has 0 spiro atoms. The Kier molecular flexibility index (Phi) is 9.07. The Labute approximate surface area is 189 Å². The standard InChI is InChI=1S/C21H24BrN3O4S/c1-13(2)11-28-18-9-8-15(22)10-16(18)20(27)23-21(30)25-24-19(26)12-29-17-7-5-4-6-14(17)3/h4-10,13H,11-12H2,1-3H3,(H,24,26)(H2,23,25,27,30). The molecule has 0 aromatic heterocycles. The summed E-state index contributed by atoms with van der Waals surface area (Å²) in [5.41, 5.74) is 6.11. The minimum Gasteiger partial charge on any atom is -0.492 e. The zero-order chi connectivity index (χ0) is 22.1. The number of hydrogen-bond acceptors (Lipinski definition) is 5. The minimum atomic E-state index is -0.460. The van der Waals surface area contributed by atoms with Crippen molar-refractivity contribution in [2.75, 3.05) is 13.2 Å². The second-order valence-electron chi connectivity index (χ2n) is 6.86. The van der Waals surface area contributed by atoms with Crippen molar-refractivity contribution in [2.24, 2.45) is 5.92 Å². The van der Waals surface area contributed by atoms with Crippen LogP contribution in [0, 0.1) is 12.8 Å². The van der Waals surface area contributed by atoms with Crippen LogP contribution in [-0.2, 0) is 4.79 Å². The molecule has 0 unspecified atom stereocenters. The van der Waals surface area contributed by atoms with Crippen molar-refractivity contribution in [3.8, 4) is 11.5 Å². The molecule has 7 nitrogen and oxygen atoms in total. The molecule has 9 heteroatoms. The number of aryl methyl sites for hydroxylation is 1. The maximum Gasteiger partial charge on any atom is 0.276 e. The second-order valence-corrected chi connectivity index (χ2v) is 8.18. The average molecular weight is 494 g/mol. The number of nitrogens with one attached hydrogen (secondary N) is 3. The van der Waals surface area contributed by atoms with Crippen LogP contribution in [0.1, 0.15) is 29.8 Å². The number of rotatable bonds is 7. The molecule has 2 rings (SSSR count). The fraction of sp³-hybridized carbons (Fsp3) is 0.286. The Morgan fingerprint density at radius 2 is 1.80 bits per heavy atom. The summed E-state index contributed by atoms with van der Waals surface area (Å²) in [5.74, 6) is 0.468. The van der Waals surface area contributed by atoms with E-state index in [9.17, 15) is 9.59 Å². The molecule has 0 aliphatic carbocycles. The topological polar surface area (TPSA) is 88.7 Å². The first-order valence-corrected chi connectivity index (χ1v) is 10.5. The van der Waals surface area contributed by atoms with E-state index in [0.29, 0.717) is 29.6 Å². The SMILES string of the molecule is Cc1ccccc1OCC(=O)NNC(=S)NC(=O)c1cc(Br)ccc1OCC(C)C. The second kappa shape index (κ2) is 11.5. The average Bonchev–Trinajstić information content (AvgIpc) is 2.70. The number of para-hydroxylation sites is 1. The van der Waals surface area contributed by atoms with Gasteiger partial charge in [0.25, 0.3) is 11.8 Å². The van der Waals surface area contributed by atoms with Gasteiger partial charge in [-0.1, -0.05) is 48.0 Å². The lowest BCUT2D eigenvalue weighted by atomic mass is 10.2. The summed E-state index contributed by atoms with van der Waals surface area (Å²) in [5, 5.41) is 2.46. The number of hydrazine groups is 1. The number of ether oxygens (including phenoxy) is 2. The van der Waals surface area contributed by atoms with E-state index in [4.69, 9.17) is 21.7 Å². The van der Waals surface area contributed by atoms with Gasteiger partial charge >= 0.3 is 0 Å². The highest BCUT2D eigenvalue weighted by Gasteiger charge is 2.15. The molecule has 0 heterocycles. The molecule has 0 fully saturated rings. The molecule has 0 bridgehead atoms. The van der Waals surface area contributed by atoms with Gasteiger partial charge in [-0.25, -0.2) is 0 Å². The molecule has 2 aromatic carbocycles. The summed E-state index contributed by atoms with van der Waals surface area (Å²) in [7, 11) is 0. The van der Waals surface area contributed by atoms with Crippen LogP contribution in [0.15, 0.2) is 46.9 Å². The largest absolute Gasteiger partial charge is 0.492 e. The minimum absolute atomic E-state index is 0.0565. The third kappa shape index (κ3) is 7.64. The van der Waals surface area contributed by atoms with Crippen molar-refractivity contribution in [3.05, 3.63) is 58.1 Å². The molecular weight excluding hydrogens is 470 g/mol. The molecule has 160 valence electrons. The number of thiocarbonyl (C=S) groups is 1. The maximum atomic E-state index is 12.6. The van der Waals surface area contributed by atoms with E-state index in [-0.39, 0.29) is 11.7 Å². The molecule has 3 N–H and O–H groups in total. The van der Waals surface area contributed by atoms with E-state index in [1.807, 2.05) is 39.0 Å². The summed E-state index contributed by atoms with van der Waals surface area (Å²) < 4.78 is 11.9. The van der Waals surface area contributed by atoms with Gasteiger partial charge in [0.1, 0.15) is 11.5 Å². The van der Waals surface area contributed by atoms with Gasteiger partial charge in [0, 0.05) is 4.47 Å². The van der Waals surface area contributed by atoms with Crippen LogP contribution in [0.2, 0.25) is 0 Å². The van der Waals surface area contributed by atoms with Crippen LogP contribution < -0.4 is 25.6 Å². The normalized spacial score (nSPS) is 10.3. The molecule has 0 atom stereocenters. The molecule has 2 aromatic rings. The highest BCUT2D eigenvalue weighted by atomic mass is 79.9. The fourth-order valence-corrected chi connectivity index (χ4v) is 2.79. The third-order valence-electron chi connectivity index (χ3n) is 3.75. The Bertz CT molecular complexity index is 921. The molecule has 0 saturated heterocycles. The summed E-state index contributed by atoms with van der Waals surface area (Å²) in [6, 6.07) is 12.5. The Balaban J connectivity index is 1.86. The number of amides is 2. The Hall–Kier alpha value is -2.65. The van der Waals surface area contributed by atoms with Gasteiger partial charge in [-0.15, -0.1) is 0 Å². The summed E-state index contributed by atoms with van der Waals surface area (Å²) in [4.78, 5) is 24.5. The zero-order valence-corrected chi connectivity index (χ0v) is 19.4. The first-order valence-electron chi connectivity index (χ1n) is 9.27. The van der Waals surface area contributed by atoms with Crippen LogP contribution in [0.5, 0.6) is 11.5 Å². The maximum absolute atomic E-state index is 12.6. The van der Waals surface area contributed by atoms with E-state index in [1.165, 1.54) is 0 Å². The van der Waals surface area contributed by atoms with Gasteiger partial charge in [-0.2, -0.15) is 0 Å². The van der Waals surface area contributed by atoms with Crippen molar-refractivity contribution in [2.45, 2.75) is 20.8 Å². The number of carbonyl (C=O) groups is 2.